The van der Waals surface area contributed by atoms with Crippen molar-refractivity contribution in [3.8, 4) is 0 Å². The fourth-order valence-corrected chi connectivity index (χ4v) is 2.89. The molecular formula is C17H18F3N5O. The maximum Gasteiger partial charge on any atom is 0.435 e. The Bertz CT molecular complexity index is 971. The molecule has 1 N–H and O–H groups in total. The summed E-state index contributed by atoms with van der Waals surface area (Å²) in [6, 6.07) is 5.98. The summed E-state index contributed by atoms with van der Waals surface area (Å²) in [5, 5.41) is 5.95. The van der Waals surface area contributed by atoms with Gasteiger partial charge in [0.2, 0.25) is 0 Å². The first-order chi connectivity index (χ1) is 12.2. The number of rotatable bonds is 4. The molecule has 0 spiro atoms. The van der Waals surface area contributed by atoms with Crippen molar-refractivity contribution in [1.29, 1.82) is 0 Å². The molecule has 3 rings (SSSR count). The van der Waals surface area contributed by atoms with Crippen molar-refractivity contribution < 1.29 is 18.0 Å². The maximum absolute atomic E-state index is 12.7. The molecule has 0 atom stereocenters. The highest BCUT2D eigenvalue weighted by molar-refractivity contribution is 6.04. The third-order valence-electron chi connectivity index (χ3n) is 4.12. The first kappa shape index (κ1) is 18.0. The van der Waals surface area contributed by atoms with Crippen LogP contribution in [-0.2, 0) is 26.2 Å². The second-order valence-electron chi connectivity index (χ2n) is 5.82. The van der Waals surface area contributed by atoms with Gasteiger partial charge in [0.1, 0.15) is 11.5 Å². The highest BCUT2D eigenvalue weighted by atomic mass is 19.4. The molecular weight excluding hydrogens is 347 g/mol. The van der Waals surface area contributed by atoms with Crippen LogP contribution in [0.15, 0.2) is 24.3 Å². The Labute approximate surface area is 147 Å². The number of hydrogen-bond donors (Lipinski definition) is 1. The zero-order chi connectivity index (χ0) is 19.1. The Morgan fingerprint density at radius 1 is 1.23 bits per heavy atom. The van der Waals surface area contributed by atoms with Crippen LogP contribution in [-0.4, -0.2) is 25.2 Å². The Morgan fingerprint density at radius 3 is 2.54 bits per heavy atom. The van der Waals surface area contributed by atoms with E-state index in [-0.39, 0.29) is 5.69 Å². The van der Waals surface area contributed by atoms with E-state index in [0.717, 1.165) is 40.6 Å². The van der Waals surface area contributed by atoms with Crippen molar-refractivity contribution in [3.05, 3.63) is 41.5 Å². The third kappa shape index (κ3) is 3.16. The highest BCUT2D eigenvalue weighted by Crippen LogP contribution is 2.28. The van der Waals surface area contributed by atoms with Gasteiger partial charge < -0.3 is 9.88 Å². The van der Waals surface area contributed by atoms with Gasteiger partial charge in [-0.3, -0.25) is 9.48 Å². The van der Waals surface area contributed by atoms with Gasteiger partial charge in [-0.15, -0.1) is 0 Å². The number of nitrogens with one attached hydrogen (secondary N) is 1. The van der Waals surface area contributed by atoms with Crippen LogP contribution in [0.25, 0.3) is 11.0 Å². The highest BCUT2D eigenvalue weighted by Gasteiger charge is 2.35. The van der Waals surface area contributed by atoms with Gasteiger partial charge in [0.15, 0.2) is 5.69 Å². The number of fused-ring (bicyclic) bond motifs is 1. The van der Waals surface area contributed by atoms with Crippen molar-refractivity contribution in [2.75, 3.05) is 5.32 Å². The number of halogens is 3. The molecule has 0 saturated carbocycles. The summed E-state index contributed by atoms with van der Waals surface area (Å²) in [6.07, 6.45) is -3.82. The summed E-state index contributed by atoms with van der Waals surface area (Å²) in [5.74, 6) is 0.271. The lowest BCUT2D eigenvalue weighted by Gasteiger charge is -2.06. The minimum Gasteiger partial charge on any atom is -0.328 e. The molecule has 3 aromatic rings. The molecule has 26 heavy (non-hydrogen) atoms. The molecule has 1 aromatic carbocycles. The van der Waals surface area contributed by atoms with Gasteiger partial charge in [-0.1, -0.05) is 6.92 Å². The molecule has 0 aliphatic carbocycles. The Morgan fingerprint density at radius 2 is 1.96 bits per heavy atom. The van der Waals surface area contributed by atoms with Crippen LogP contribution in [0.5, 0.6) is 0 Å². The number of aryl methyl sites for hydroxylation is 3. The standard InChI is InChI=1S/C17H18F3N5O/c1-4-15-22-11-8-10(6-7-12(11)25(15)5-2)21-16(26)13-9-14(17(18,19)20)23-24(13)3/h6-9H,4-5H2,1-3H3,(H,21,26). The SMILES string of the molecule is CCc1nc2cc(NC(=O)c3cc(C(F)(F)F)nn3C)ccc2n1CC. The number of carbonyl (C=O) groups is 1. The number of alkyl halides is 3. The van der Waals surface area contributed by atoms with E-state index < -0.39 is 17.8 Å². The second-order valence-corrected chi connectivity index (χ2v) is 5.82. The summed E-state index contributed by atoms with van der Waals surface area (Å²) >= 11 is 0. The van der Waals surface area contributed by atoms with Crippen LogP contribution in [0.4, 0.5) is 18.9 Å². The van der Waals surface area contributed by atoms with Gasteiger partial charge in [-0.25, -0.2) is 4.98 Å². The van der Waals surface area contributed by atoms with Gasteiger partial charge in [-0.2, -0.15) is 18.3 Å². The van der Waals surface area contributed by atoms with Crippen molar-refractivity contribution >= 4 is 22.6 Å². The zero-order valence-corrected chi connectivity index (χ0v) is 14.6. The van der Waals surface area contributed by atoms with Crippen LogP contribution in [0.3, 0.4) is 0 Å². The Balaban J connectivity index is 1.89. The van der Waals surface area contributed by atoms with Gasteiger partial charge in [0.05, 0.1) is 11.0 Å². The lowest BCUT2D eigenvalue weighted by atomic mass is 10.2. The summed E-state index contributed by atoms with van der Waals surface area (Å²) in [5.41, 5.74) is 0.853. The molecule has 0 unspecified atom stereocenters. The zero-order valence-electron chi connectivity index (χ0n) is 14.6. The van der Waals surface area contributed by atoms with E-state index in [9.17, 15) is 18.0 Å². The monoisotopic (exact) mass is 365 g/mol. The second kappa shape index (κ2) is 6.47. The third-order valence-corrected chi connectivity index (χ3v) is 4.12. The van der Waals surface area contributed by atoms with Gasteiger partial charge in [-0.05, 0) is 25.1 Å². The van der Waals surface area contributed by atoms with E-state index >= 15 is 0 Å². The summed E-state index contributed by atoms with van der Waals surface area (Å²) in [6.45, 7) is 4.81. The number of amides is 1. The molecule has 0 aliphatic heterocycles. The van der Waals surface area contributed by atoms with Crippen LogP contribution < -0.4 is 5.32 Å². The van der Waals surface area contributed by atoms with Gasteiger partial charge in [0.25, 0.3) is 5.91 Å². The normalized spacial score (nSPS) is 11.9. The van der Waals surface area contributed by atoms with Crippen LogP contribution in [0.2, 0.25) is 0 Å². The first-order valence-electron chi connectivity index (χ1n) is 8.16. The number of anilines is 1. The number of imidazole rings is 1. The lowest BCUT2D eigenvalue weighted by Crippen LogP contribution is -2.16. The van der Waals surface area contributed by atoms with E-state index in [0.29, 0.717) is 5.69 Å². The van der Waals surface area contributed by atoms with E-state index in [1.54, 1.807) is 12.1 Å². The molecule has 0 fully saturated rings. The summed E-state index contributed by atoms with van der Waals surface area (Å²) in [4.78, 5) is 16.9. The van der Waals surface area contributed by atoms with E-state index in [2.05, 4.69) is 20.0 Å². The minimum atomic E-state index is -4.60. The van der Waals surface area contributed by atoms with E-state index in [1.165, 1.54) is 7.05 Å². The predicted octanol–water partition coefficient (Wildman–Crippen LogP) is 3.62. The quantitative estimate of drug-likeness (QED) is 0.768. The van der Waals surface area contributed by atoms with Crippen molar-refractivity contribution in [1.82, 2.24) is 19.3 Å². The molecule has 0 saturated heterocycles. The average Bonchev–Trinajstić information content (AvgIpc) is 3.14. The number of nitrogens with zero attached hydrogens (tertiary/aromatic N) is 4. The van der Waals surface area contributed by atoms with Crippen molar-refractivity contribution in [2.45, 2.75) is 33.0 Å². The largest absolute Gasteiger partial charge is 0.435 e. The van der Waals surface area contributed by atoms with Crippen LogP contribution in [0.1, 0.15) is 35.9 Å². The lowest BCUT2D eigenvalue weighted by molar-refractivity contribution is -0.141. The molecule has 6 nitrogen and oxygen atoms in total. The molecule has 0 aliphatic rings. The van der Waals surface area contributed by atoms with Crippen molar-refractivity contribution in [2.24, 2.45) is 7.05 Å². The smallest absolute Gasteiger partial charge is 0.328 e. The van der Waals surface area contributed by atoms with Gasteiger partial charge in [0, 0.05) is 31.8 Å². The predicted molar refractivity (Wildman–Crippen MR) is 90.9 cm³/mol. The maximum atomic E-state index is 12.7. The number of carbonyl (C=O) groups excluding carboxylic acids is 1. The molecule has 138 valence electrons. The number of hydrogen-bond acceptors (Lipinski definition) is 3. The molecule has 2 heterocycles. The summed E-state index contributed by atoms with van der Waals surface area (Å²) in [7, 11) is 1.30. The first-order valence-corrected chi connectivity index (χ1v) is 8.16. The van der Waals surface area contributed by atoms with Crippen LogP contribution >= 0.6 is 0 Å². The number of aromatic nitrogens is 4. The molecule has 1 amide bonds. The van der Waals surface area contributed by atoms with Crippen LogP contribution in [0, 0.1) is 0 Å². The van der Waals surface area contributed by atoms with Crippen molar-refractivity contribution in [3.63, 3.8) is 0 Å². The Hall–Kier alpha value is -2.84. The minimum absolute atomic E-state index is 0.175. The fourth-order valence-electron chi connectivity index (χ4n) is 2.89. The molecule has 9 heteroatoms. The van der Waals surface area contributed by atoms with E-state index in [4.69, 9.17) is 0 Å². The fraction of sp³-hybridized carbons (Fsp3) is 0.353. The summed E-state index contributed by atoms with van der Waals surface area (Å²) < 4.78 is 41.2. The van der Waals surface area contributed by atoms with E-state index in [1.807, 2.05) is 19.9 Å². The van der Waals surface area contributed by atoms with Gasteiger partial charge >= 0.3 is 6.18 Å². The average molecular weight is 365 g/mol. The molecule has 0 radical (unpaired) electrons. The molecule has 0 bridgehead atoms. The Kier molecular flexibility index (Phi) is 4.47. The molecule has 2 aromatic heterocycles. The topological polar surface area (TPSA) is 64.7 Å². The number of benzene rings is 1.